The smallest absolute Gasteiger partial charge is 0.265 e. The summed E-state index contributed by atoms with van der Waals surface area (Å²) in [5, 5.41) is 0.673. The van der Waals surface area contributed by atoms with Crippen molar-refractivity contribution >= 4 is 23.0 Å². The summed E-state index contributed by atoms with van der Waals surface area (Å²) in [6.45, 7) is 0. The summed E-state index contributed by atoms with van der Waals surface area (Å²) >= 11 is 5.17. The van der Waals surface area contributed by atoms with E-state index in [0.29, 0.717) is 16.5 Å². The Kier molecular flexibility index (Phi) is 3.04. The molecule has 0 bridgehead atoms. The second-order valence-electron chi connectivity index (χ2n) is 4.28. The zero-order valence-corrected chi connectivity index (χ0v) is 11.2. The van der Waals surface area contributed by atoms with Crippen molar-refractivity contribution in [3.8, 4) is 5.69 Å². The predicted octanol–water partition coefficient (Wildman–Crippen LogP) is 2.41. The fraction of sp³-hybridized carbons (Fsp3) is 0. The van der Waals surface area contributed by atoms with Crippen LogP contribution in [0.5, 0.6) is 0 Å². The molecular formula is C15H10N2O2S. The molecule has 0 aliphatic carbocycles. The quantitative estimate of drug-likeness (QED) is 0.697. The number of benzene rings is 2. The molecule has 1 heterocycles. The lowest BCUT2D eigenvalue weighted by Crippen LogP contribution is -2.16. The molecule has 3 rings (SSSR count). The van der Waals surface area contributed by atoms with Gasteiger partial charge in [0.2, 0.25) is 0 Å². The SMILES string of the molecule is O=c1[nH]c(=S)n(-c2ccccc2)c(=O)c2ccccc12. The Hall–Kier alpha value is -2.53. The third-order valence-corrected chi connectivity index (χ3v) is 3.33. The van der Waals surface area contributed by atoms with Crippen molar-refractivity contribution in [2.24, 2.45) is 0 Å². The molecule has 1 aromatic heterocycles. The molecule has 5 heteroatoms. The summed E-state index contributed by atoms with van der Waals surface area (Å²) in [7, 11) is 0. The van der Waals surface area contributed by atoms with Crippen LogP contribution in [-0.4, -0.2) is 9.55 Å². The van der Waals surface area contributed by atoms with Crippen LogP contribution >= 0.6 is 12.2 Å². The molecular weight excluding hydrogens is 272 g/mol. The maximum atomic E-state index is 12.6. The van der Waals surface area contributed by atoms with Crippen molar-refractivity contribution in [1.29, 1.82) is 0 Å². The first-order valence-electron chi connectivity index (χ1n) is 6.02. The molecule has 4 nitrogen and oxygen atoms in total. The molecule has 0 spiro atoms. The van der Waals surface area contributed by atoms with Gasteiger partial charge < -0.3 is 0 Å². The van der Waals surface area contributed by atoms with Gasteiger partial charge in [-0.05, 0) is 36.5 Å². The van der Waals surface area contributed by atoms with Crippen LogP contribution in [0.1, 0.15) is 0 Å². The van der Waals surface area contributed by atoms with Gasteiger partial charge in [0.25, 0.3) is 11.1 Å². The first-order valence-corrected chi connectivity index (χ1v) is 6.43. The molecule has 20 heavy (non-hydrogen) atoms. The highest BCUT2D eigenvalue weighted by molar-refractivity contribution is 7.71. The summed E-state index contributed by atoms with van der Waals surface area (Å²) in [6.07, 6.45) is 0. The Morgan fingerprint density at radius 3 is 2.15 bits per heavy atom. The van der Waals surface area contributed by atoms with Gasteiger partial charge in [-0.3, -0.25) is 19.1 Å². The summed E-state index contributed by atoms with van der Waals surface area (Å²) in [5.74, 6) is 0. The van der Waals surface area contributed by atoms with Crippen LogP contribution in [0.15, 0.2) is 64.2 Å². The highest BCUT2D eigenvalue weighted by atomic mass is 32.1. The number of nitrogens with zero attached hydrogens (tertiary/aromatic N) is 1. The van der Waals surface area contributed by atoms with E-state index >= 15 is 0 Å². The van der Waals surface area contributed by atoms with Gasteiger partial charge in [0.05, 0.1) is 16.5 Å². The van der Waals surface area contributed by atoms with Crippen molar-refractivity contribution in [2.45, 2.75) is 0 Å². The maximum absolute atomic E-state index is 12.6. The first kappa shape index (κ1) is 12.5. The molecule has 0 fully saturated rings. The second kappa shape index (κ2) is 4.86. The Balaban J connectivity index is 2.59. The van der Waals surface area contributed by atoms with Gasteiger partial charge in [0.1, 0.15) is 0 Å². The minimum Gasteiger partial charge on any atom is -0.298 e. The number of para-hydroxylation sites is 1. The molecule has 0 aliphatic rings. The van der Waals surface area contributed by atoms with Crippen molar-refractivity contribution in [1.82, 2.24) is 9.55 Å². The van der Waals surface area contributed by atoms with Crippen molar-refractivity contribution in [3.05, 3.63) is 80.1 Å². The van der Waals surface area contributed by atoms with E-state index in [1.807, 2.05) is 18.2 Å². The number of hydrogen-bond donors (Lipinski definition) is 1. The van der Waals surface area contributed by atoms with Gasteiger partial charge in [-0.1, -0.05) is 30.3 Å². The van der Waals surface area contributed by atoms with Crippen LogP contribution in [-0.2, 0) is 0 Å². The first-order chi connectivity index (χ1) is 9.68. The van der Waals surface area contributed by atoms with Crippen LogP contribution in [0, 0.1) is 4.77 Å². The zero-order chi connectivity index (χ0) is 14.1. The van der Waals surface area contributed by atoms with Crippen molar-refractivity contribution in [2.75, 3.05) is 0 Å². The number of nitrogens with one attached hydrogen (secondary N) is 1. The number of aromatic nitrogens is 2. The van der Waals surface area contributed by atoms with Crippen LogP contribution < -0.4 is 11.1 Å². The monoisotopic (exact) mass is 282 g/mol. The third-order valence-electron chi connectivity index (χ3n) is 3.04. The molecule has 0 unspecified atom stereocenters. The van der Waals surface area contributed by atoms with E-state index in [1.54, 1.807) is 36.4 Å². The molecule has 0 amide bonds. The van der Waals surface area contributed by atoms with E-state index in [0.717, 1.165) is 0 Å². The fourth-order valence-electron chi connectivity index (χ4n) is 2.11. The van der Waals surface area contributed by atoms with Gasteiger partial charge in [-0.25, -0.2) is 0 Å². The molecule has 0 radical (unpaired) electrons. The molecule has 0 saturated heterocycles. The van der Waals surface area contributed by atoms with Gasteiger partial charge in [0.15, 0.2) is 4.77 Å². The van der Waals surface area contributed by atoms with E-state index in [4.69, 9.17) is 12.2 Å². The van der Waals surface area contributed by atoms with Crippen molar-refractivity contribution in [3.63, 3.8) is 0 Å². The molecule has 98 valence electrons. The van der Waals surface area contributed by atoms with E-state index < -0.39 is 0 Å². The number of rotatable bonds is 1. The van der Waals surface area contributed by atoms with Gasteiger partial charge in [0, 0.05) is 0 Å². The molecule has 0 saturated carbocycles. The lowest BCUT2D eigenvalue weighted by atomic mass is 10.2. The Bertz CT molecular complexity index is 959. The number of H-pyrrole nitrogens is 1. The van der Waals surface area contributed by atoms with Crippen LogP contribution in [0.3, 0.4) is 0 Å². The molecule has 2 aromatic carbocycles. The highest BCUT2D eigenvalue weighted by Gasteiger charge is 2.07. The minimum atomic E-state index is -0.364. The largest absolute Gasteiger partial charge is 0.298 e. The van der Waals surface area contributed by atoms with Crippen LogP contribution in [0.4, 0.5) is 0 Å². The summed E-state index contributed by atoms with van der Waals surface area (Å²) < 4.78 is 1.42. The summed E-state index contributed by atoms with van der Waals surface area (Å²) in [5.41, 5.74) is -0.0490. The van der Waals surface area contributed by atoms with Crippen molar-refractivity contribution < 1.29 is 0 Å². The number of hydrogen-bond acceptors (Lipinski definition) is 3. The average Bonchev–Trinajstić information content (AvgIpc) is 2.56. The standard InChI is InChI=1S/C15H10N2O2S/c18-13-11-8-4-5-9-12(11)14(19)17(15(20)16-13)10-6-2-1-3-7-10/h1-9H,(H,16,18,20). The molecule has 1 N–H and O–H groups in total. The number of aromatic amines is 1. The normalized spacial score (nSPS) is 10.6. The fourth-order valence-corrected chi connectivity index (χ4v) is 2.39. The minimum absolute atomic E-state index is 0.0856. The van der Waals surface area contributed by atoms with E-state index in [1.165, 1.54) is 4.57 Å². The predicted molar refractivity (Wildman–Crippen MR) is 81.0 cm³/mol. The lowest BCUT2D eigenvalue weighted by molar-refractivity contribution is 0.943. The highest BCUT2D eigenvalue weighted by Crippen LogP contribution is 2.07. The van der Waals surface area contributed by atoms with Crippen LogP contribution in [0.2, 0.25) is 0 Å². The van der Waals surface area contributed by atoms with Gasteiger partial charge in [-0.15, -0.1) is 0 Å². The number of fused-ring (bicyclic) bond motifs is 1. The summed E-state index contributed by atoms with van der Waals surface area (Å²) in [6, 6.07) is 15.7. The lowest BCUT2D eigenvalue weighted by Gasteiger charge is -2.01. The van der Waals surface area contributed by atoms with E-state index in [-0.39, 0.29) is 15.9 Å². The van der Waals surface area contributed by atoms with E-state index in [9.17, 15) is 9.59 Å². The Morgan fingerprint density at radius 2 is 1.45 bits per heavy atom. The Labute approximate surface area is 119 Å². The average molecular weight is 282 g/mol. The van der Waals surface area contributed by atoms with Crippen LogP contribution in [0.25, 0.3) is 16.5 Å². The van der Waals surface area contributed by atoms with Gasteiger partial charge >= 0.3 is 0 Å². The second-order valence-corrected chi connectivity index (χ2v) is 4.67. The molecule has 0 aliphatic heterocycles. The third kappa shape index (κ3) is 1.98. The molecule has 0 atom stereocenters. The maximum Gasteiger partial charge on any atom is 0.265 e. The summed E-state index contributed by atoms with van der Waals surface area (Å²) in [4.78, 5) is 27.3. The van der Waals surface area contributed by atoms with E-state index in [2.05, 4.69) is 4.98 Å². The Morgan fingerprint density at radius 1 is 0.850 bits per heavy atom. The van der Waals surface area contributed by atoms with Gasteiger partial charge in [-0.2, -0.15) is 0 Å². The topological polar surface area (TPSA) is 54.9 Å². The molecule has 3 aromatic rings. The zero-order valence-electron chi connectivity index (χ0n) is 10.4.